The smallest absolute Gasteiger partial charge is 0.328 e. The number of barbiturate groups is 1. The van der Waals surface area contributed by atoms with E-state index in [4.69, 9.17) is 9.15 Å². The average molecular weight is 415 g/mol. The number of ether oxygens (including phenoxy) is 1. The normalized spacial score (nSPS) is 14.2. The zero-order valence-corrected chi connectivity index (χ0v) is 16.1. The molecule has 0 unspecified atom stereocenters. The van der Waals surface area contributed by atoms with E-state index < -0.39 is 17.8 Å². The Morgan fingerprint density at radius 1 is 1.18 bits per heavy atom. The van der Waals surface area contributed by atoms with E-state index in [1.54, 1.807) is 12.1 Å². The predicted molar refractivity (Wildman–Crippen MR) is 103 cm³/mol. The molecule has 2 aromatic heterocycles. The summed E-state index contributed by atoms with van der Waals surface area (Å²) in [6, 6.07) is 8.24. The number of imide groups is 2. The van der Waals surface area contributed by atoms with Crippen LogP contribution in [0.15, 0.2) is 49.8 Å². The van der Waals surface area contributed by atoms with E-state index in [0.29, 0.717) is 17.5 Å². The molecule has 8 nitrogen and oxygen atoms in total. The van der Waals surface area contributed by atoms with Crippen LogP contribution in [0.3, 0.4) is 0 Å². The van der Waals surface area contributed by atoms with E-state index in [1.165, 1.54) is 29.2 Å². The fourth-order valence-corrected chi connectivity index (χ4v) is 4.48. The minimum atomic E-state index is -0.842. The molecule has 1 fully saturated rings. The van der Waals surface area contributed by atoms with E-state index in [2.05, 4.69) is 4.98 Å². The molecule has 10 heteroatoms. The summed E-state index contributed by atoms with van der Waals surface area (Å²) >= 11 is 2.84. The van der Waals surface area contributed by atoms with Crippen LogP contribution in [0.2, 0.25) is 0 Å². The second-order valence-electron chi connectivity index (χ2n) is 5.60. The van der Waals surface area contributed by atoms with Gasteiger partial charge in [-0.25, -0.2) is 9.78 Å². The van der Waals surface area contributed by atoms with Crippen molar-refractivity contribution < 1.29 is 23.5 Å². The highest BCUT2D eigenvalue weighted by molar-refractivity contribution is 8.01. The Morgan fingerprint density at radius 2 is 1.96 bits per heavy atom. The van der Waals surface area contributed by atoms with Gasteiger partial charge in [-0.15, -0.1) is 11.3 Å². The summed E-state index contributed by atoms with van der Waals surface area (Å²) in [5.74, 6) is -0.423. The molecule has 0 atom stereocenters. The van der Waals surface area contributed by atoms with Crippen molar-refractivity contribution in [1.29, 1.82) is 0 Å². The van der Waals surface area contributed by atoms with Crippen LogP contribution in [-0.2, 0) is 9.59 Å². The van der Waals surface area contributed by atoms with Gasteiger partial charge >= 0.3 is 6.03 Å². The molecule has 3 aromatic rings. The molecule has 0 aliphatic carbocycles. The third-order valence-corrected chi connectivity index (χ3v) is 5.67. The second kappa shape index (κ2) is 7.49. The molecule has 2 N–H and O–H groups in total. The first-order valence-corrected chi connectivity index (χ1v) is 9.84. The number of nitrogens with zero attached hydrogens (tertiary/aromatic N) is 1. The van der Waals surface area contributed by atoms with Crippen molar-refractivity contribution in [3.05, 3.63) is 41.7 Å². The van der Waals surface area contributed by atoms with Gasteiger partial charge in [0.25, 0.3) is 11.8 Å². The third-order valence-electron chi connectivity index (χ3n) is 3.67. The lowest BCUT2D eigenvalue weighted by Gasteiger charge is -2.13. The van der Waals surface area contributed by atoms with Crippen LogP contribution in [0.5, 0.6) is 5.75 Å². The first-order valence-electron chi connectivity index (χ1n) is 8.21. The van der Waals surface area contributed by atoms with Crippen LogP contribution in [0.4, 0.5) is 4.79 Å². The van der Waals surface area contributed by atoms with Crippen LogP contribution in [-0.4, -0.2) is 29.4 Å². The summed E-state index contributed by atoms with van der Waals surface area (Å²) in [5.41, 5.74) is 0.666. The lowest BCUT2D eigenvalue weighted by Crippen LogP contribution is -2.51. The lowest BCUT2D eigenvalue weighted by atomic mass is 10.1. The van der Waals surface area contributed by atoms with Crippen LogP contribution in [0, 0.1) is 0 Å². The Hall–Kier alpha value is -3.11. The molecule has 0 radical (unpaired) electrons. The Bertz CT molecular complexity index is 1110. The standard InChI is InChI=1S/C18H13N3O5S2/c1-2-25-9-3-5-12-13(8-9)27-18(19-12)28-14-6-4-10(26-14)7-11-15(22)20-17(24)21-16(11)23/h3-8H,2H2,1H3,(H2,20,21,22,23,24). The van der Waals surface area contributed by atoms with Gasteiger partial charge in [-0.05, 0) is 55.1 Å². The van der Waals surface area contributed by atoms with Crippen molar-refractivity contribution >= 4 is 57.2 Å². The van der Waals surface area contributed by atoms with Crippen molar-refractivity contribution in [3.8, 4) is 5.75 Å². The Labute approximate surface area is 167 Å². The van der Waals surface area contributed by atoms with Crippen molar-refractivity contribution in [1.82, 2.24) is 15.6 Å². The van der Waals surface area contributed by atoms with Crippen molar-refractivity contribution in [2.75, 3.05) is 6.61 Å². The molecular formula is C18H13N3O5S2. The highest BCUT2D eigenvalue weighted by atomic mass is 32.2. The number of furan rings is 1. The number of benzene rings is 1. The summed E-state index contributed by atoms with van der Waals surface area (Å²) in [4.78, 5) is 39.2. The Kier molecular flexibility index (Phi) is 4.88. The molecule has 1 saturated heterocycles. The largest absolute Gasteiger partial charge is 0.494 e. The number of carbonyl (C=O) groups is 3. The van der Waals surface area contributed by atoms with E-state index in [0.717, 1.165) is 20.3 Å². The number of hydrogen-bond acceptors (Lipinski definition) is 8. The van der Waals surface area contributed by atoms with Crippen LogP contribution >= 0.6 is 23.1 Å². The highest BCUT2D eigenvalue weighted by Crippen LogP contribution is 2.36. The van der Waals surface area contributed by atoms with Crippen molar-refractivity contribution in [2.45, 2.75) is 16.4 Å². The summed E-state index contributed by atoms with van der Waals surface area (Å²) in [6.07, 6.45) is 1.29. The maximum atomic E-state index is 11.8. The number of nitrogens with one attached hydrogen (secondary N) is 2. The molecular weight excluding hydrogens is 402 g/mol. The van der Waals surface area contributed by atoms with Crippen molar-refractivity contribution in [2.24, 2.45) is 0 Å². The van der Waals surface area contributed by atoms with Gasteiger partial charge in [0.05, 0.1) is 16.8 Å². The van der Waals surface area contributed by atoms with Gasteiger partial charge in [0.1, 0.15) is 17.1 Å². The summed E-state index contributed by atoms with van der Waals surface area (Å²) in [7, 11) is 0. The zero-order valence-electron chi connectivity index (χ0n) is 14.5. The number of amides is 4. The fourth-order valence-electron chi connectivity index (χ4n) is 2.49. The maximum absolute atomic E-state index is 11.8. The van der Waals surface area contributed by atoms with E-state index in [1.807, 2.05) is 35.8 Å². The first-order chi connectivity index (χ1) is 13.5. The monoisotopic (exact) mass is 415 g/mol. The van der Waals surface area contributed by atoms with Gasteiger partial charge < -0.3 is 9.15 Å². The van der Waals surface area contributed by atoms with Crippen molar-refractivity contribution in [3.63, 3.8) is 0 Å². The van der Waals surface area contributed by atoms with Gasteiger partial charge in [-0.3, -0.25) is 20.2 Å². The molecule has 3 heterocycles. The van der Waals surface area contributed by atoms with Crippen LogP contribution < -0.4 is 15.4 Å². The summed E-state index contributed by atoms with van der Waals surface area (Å²) in [6.45, 7) is 2.53. The summed E-state index contributed by atoms with van der Waals surface area (Å²) < 4.78 is 12.9. The number of aromatic nitrogens is 1. The summed E-state index contributed by atoms with van der Waals surface area (Å²) in [5, 5.41) is 4.58. The molecule has 28 heavy (non-hydrogen) atoms. The fraction of sp³-hybridized carbons (Fsp3) is 0.111. The topological polar surface area (TPSA) is 111 Å². The van der Waals surface area contributed by atoms with Crippen LogP contribution in [0.1, 0.15) is 12.7 Å². The van der Waals surface area contributed by atoms with E-state index >= 15 is 0 Å². The molecule has 0 saturated carbocycles. The first kappa shape index (κ1) is 18.3. The van der Waals surface area contributed by atoms with E-state index in [9.17, 15) is 14.4 Å². The quantitative estimate of drug-likeness (QED) is 0.486. The molecule has 4 amide bonds. The number of fused-ring (bicyclic) bond motifs is 1. The molecule has 0 bridgehead atoms. The van der Waals surface area contributed by atoms with Gasteiger partial charge in [-0.2, -0.15) is 0 Å². The maximum Gasteiger partial charge on any atom is 0.328 e. The van der Waals surface area contributed by atoms with Gasteiger partial charge in [0.2, 0.25) is 0 Å². The highest BCUT2D eigenvalue weighted by Gasteiger charge is 2.28. The number of hydrogen-bond donors (Lipinski definition) is 2. The SMILES string of the molecule is CCOc1ccc2nc(Sc3ccc(C=C4C(=O)NC(=O)NC4=O)o3)sc2c1. The molecule has 1 aromatic carbocycles. The second-order valence-corrected chi connectivity index (χ2v) is 7.88. The average Bonchev–Trinajstić information content (AvgIpc) is 3.24. The molecule has 1 aliphatic heterocycles. The Balaban J connectivity index is 1.53. The number of carbonyl (C=O) groups excluding carboxylic acids is 3. The number of thiazole rings is 1. The number of urea groups is 1. The van der Waals surface area contributed by atoms with E-state index in [-0.39, 0.29) is 5.57 Å². The Morgan fingerprint density at radius 3 is 2.71 bits per heavy atom. The predicted octanol–water partition coefficient (Wildman–Crippen LogP) is 3.19. The molecule has 0 spiro atoms. The zero-order chi connectivity index (χ0) is 19.7. The molecule has 142 valence electrons. The molecule has 4 rings (SSSR count). The lowest BCUT2D eigenvalue weighted by molar-refractivity contribution is -0.123. The third kappa shape index (κ3) is 3.78. The van der Waals surface area contributed by atoms with Crippen LogP contribution in [0.25, 0.3) is 16.3 Å². The van der Waals surface area contributed by atoms with Gasteiger partial charge in [0.15, 0.2) is 9.43 Å². The van der Waals surface area contributed by atoms with Gasteiger partial charge in [-0.1, -0.05) is 0 Å². The minimum Gasteiger partial charge on any atom is -0.494 e. The van der Waals surface area contributed by atoms with Gasteiger partial charge in [0, 0.05) is 0 Å². The minimum absolute atomic E-state index is 0.200. The molecule has 1 aliphatic rings. The number of rotatable bonds is 5.